The Balaban J connectivity index is 0.000000165. The second-order valence-electron chi connectivity index (χ2n) is 28.0. The van der Waals surface area contributed by atoms with E-state index in [9.17, 15) is 44.1 Å². The molecule has 102 heavy (non-hydrogen) atoms. The van der Waals surface area contributed by atoms with Crippen molar-refractivity contribution in [2.75, 3.05) is 19.6 Å². The first-order chi connectivity index (χ1) is 48.7. The number of nitrogens with zero attached hydrogens (tertiary/aromatic N) is 10. The van der Waals surface area contributed by atoms with Crippen LogP contribution in [0.3, 0.4) is 0 Å². The number of aromatic nitrogens is 7. The first-order valence-corrected chi connectivity index (χ1v) is 39.1. The first kappa shape index (κ1) is 76.9. The highest BCUT2D eigenvalue weighted by Gasteiger charge is 2.46. The molecule has 540 valence electrons. The number of hydrogen-bond donors (Lipinski definition) is 3. The summed E-state index contributed by atoms with van der Waals surface area (Å²) in [5.41, 5.74) is 16.5. The number of carbonyl (C=O) groups is 6. The number of aliphatic hydroxyl groups is 3. The van der Waals surface area contributed by atoms with Gasteiger partial charge < -0.3 is 34.5 Å². The Morgan fingerprint density at radius 2 is 0.833 bits per heavy atom. The third-order valence-corrected chi connectivity index (χ3v) is 23.8. The quantitative estimate of drug-likeness (QED) is 0.0507. The average molecular weight is 1480 g/mol. The molecule has 0 unspecified atom stereocenters. The lowest BCUT2D eigenvalue weighted by Gasteiger charge is -2.29. The van der Waals surface area contributed by atoms with Crippen molar-refractivity contribution in [2.24, 2.45) is 17.8 Å². The number of thiazole rings is 3. The first-order valence-electron chi connectivity index (χ1n) is 34.9. The van der Waals surface area contributed by atoms with E-state index in [-0.39, 0.29) is 85.3 Å². The number of aliphatic hydroxyl groups excluding tert-OH is 3. The van der Waals surface area contributed by atoms with Gasteiger partial charge in [0.2, 0.25) is 17.7 Å². The summed E-state index contributed by atoms with van der Waals surface area (Å²) in [4.78, 5) is 102. The minimum absolute atomic E-state index is 0.00393. The van der Waals surface area contributed by atoms with Crippen LogP contribution < -0.4 is 0 Å². The van der Waals surface area contributed by atoms with Crippen LogP contribution in [-0.2, 0) is 48.0 Å². The number of aryl methyl sites for hydroxylation is 9. The van der Waals surface area contributed by atoms with E-state index in [2.05, 4.69) is 71.1 Å². The number of benzene rings is 3. The van der Waals surface area contributed by atoms with E-state index in [0.29, 0.717) is 61.4 Å². The number of rotatable bonds is 24. The standard InChI is InChI=1S/C26H31N3O4S.C26H31N3O3S2.C25H30N4O3S2/c1-15(2)24(21-11-16(3)33-28-21)26(32)29-13-20(30)12-22(29)23(31)10-7-18-5-8-19(9-6-18)25-17(4)27-14-34-25;1-15(2)24(21-11-16(3)34-28-21)26(32)29-13-20(30)12-22(29)23(31)10-7-18-5-8-19(9-6-18)25-17(4)27-14-33-25;1-14(2)22(24-28-27-16(4)34-24)25(32)29-12-19(30)11-20(29)21(31)10-7-17-5-8-18(9-6-17)23-15(3)26-13-33-23/h2*5-6,8-9,11,14-15,20,22,24,30H,7,10,12-13H2,1-4H3;5-6,8-9,13-14,19-20,22,30H,7,10-12H2,1-4H3/t2*20-,22+,24-;19-,20+,22-/m111/s1. The summed E-state index contributed by atoms with van der Waals surface area (Å²) < 4.78 is 9.66. The second-order valence-corrected chi connectivity index (χ2v) is 32.8. The van der Waals surface area contributed by atoms with Crippen molar-refractivity contribution in [2.45, 2.75) is 195 Å². The van der Waals surface area contributed by atoms with Crippen LogP contribution in [0.25, 0.3) is 31.3 Å². The highest BCUT2D eigenvalue weighted by Crippen LogP contribution is 2.37. The van der Waals surface area contributed by atoms with Crippen LogP contribution >= 0.6 is 56.9 Å². The molecule has 3 aliphatic rings. The van der Waals surface area contributed by atoms with Crippen molar-refractivity contribution in [3.63, 3.8) is 0 Å². The molecular formula is C77H92N10O10S5. The molecule has 3 saturated heterocycles. The fraction of sp³-hybridized carbons (Fsp3) is 0.468. The number of carbonyl (C=O) groups excluding carboxylic acids is 6. The maximum Gasteiger partial charge on any atom is 0.233 e. The van der Waals surface area contributed by atoms with Crippen molar-refractivity contribution >= 4 is 92.0 Å². The minimum Gasteiger partial charge on any atom is -0.391 e. The molecule has 0 aliphatic carbocycles. The minimum atomic E-state index is -0.702. The summed E-state index contributed by atoms with van der Waals surface area (Å²) in [5.74, 6) is -1.18. The fourth-order valence-corrected chi connectivity index (χ4v) is 17.8. The Kier molecular flexibility index (Phi) is 26.1. The third-order valence-electron chi connectivity index (χ3n) is 19.2. The van der Waals surface area contributed by atoms with E-state index in [1.54, 1.807) is 61.7 Å². The Morgan fingerprint density at radius 1 is 0.480 bits per heavy atom. The van der Waals surface area contributed by atoms with Gasteiger partial charge in [-0.1, -0.05) is 119 Å². The Bertz CT molecular complexity index is 3890. The predicted molar refractivity (Wildman–Crippen MR) is 401 cm³/mol. The van der Waals surface area contributed by atoms with Crippen molar-refractivity contribution < 1.29 is 48.6 Å². The monoisotopic (exact) mass is 1480 g/mol. The fourth-order valence-electron chi connectivity index (χ4n) is 13.8. The van der Waals surface area contributed by atoms with Gasteiger partial charge in [0.05, 0.1) is 114 Å². The largest absolute Gasteiger partial charge is 0.391 e. The molecule has 6 aromatic heterocycles. The maximum atomic E-state index is 13.5. The van der Waals surface area contributed by atoms with E-state index in [0.717, 1.165) is 80.7 Å². The number of ketones is 3. The molecule has 3 N–H and O–H groups in total. The SMILES string of the molecule is Cc1cc([C@H](C(=O)N2C[C@H](O)C[C@H]2C(=O)CCc2ccc(-c3scnc3C)cc2)C(C)C)no1.Cc1cc([C@H](C(=O)N2C[C@H](O)C[C@H]2C(=O)CCc2ccc(-c3scnc3C)cc2)C(C)C)ns1.Cc1nnc([C@H](C(=O)N2C[C@H](O)C[C@H]2C(=O)CCc2ccc(-c3scnc3C)cc2)C(C)C)s1. The molecule has 9 heterocycles. The summed E-state index contributed by atoms with van der Waals surface area (Å²) in [7, 11) is 0. The molecule has 0 spiro atoms. The Morgan fingerprint density at radius 3 is 1.12 bits per heavy atom. The van der Waals surface area contributed by atoms with Crippen LogP contribution in [0.2, 0.25) is 0 Å². The molecule has 0 radical (unpaired) electrons. The second kappa shape index (κ2) is 34.7. The average Bonchev–Trinajstić information content (AvgIpc) is 1.62. The van der Waals surface area contributed by atoms with Crippen LogP contribution in [0.4, 0.5) is 0 Å². The number of Topliss-reactive ketones (excluding diaryl/α,β-unsaturated/α-hetero) is 3. The number of hydrogen-bond acceptors (Lipinski definition) is 22. The van der Waals surface area contributed by atoms with Crippen LogP contribution in [0.15, 0.2) is 106 Å². The van der Waals surface area contributed by atoms with E-state index in [1.165, 1.54) is 22.9 Å². The van der Waals surface area contributed by atoms with Gasteiger partial charge in [0.25, 0.3) is 0 Å². The van der Waals surface area contributed by atoms with Crippen LogP contribution in [0, 0.1) is 59.3 Å². The molecule has 3 aliphatic heterocycles. The predicted octanol–water partition coefficient (Wildman–Crippen LogP) is 13.3. The van der Waals surface area contributed by atoms with E-state index in [1.807, 2.05) is 135 Å². The zero-order valence-corrected chi connectivity index (χ0v) is 64.0. The van der Waals surface area contributed by atoms with Gasteiger partial charge in [-0.3, -0.25) is 28.8 Å². The molecule has 0 bridgehead atoms. The van der Waals surface area contributed by atoms with Crippen LogP contribution in [0.5, 0.6) is 0 Å². The number of β-amino-alcohol motifs (C(OH)–C–C–N with tert-alkyl or cyclic N) is 3. The summed E-state index contributed by atoms with van der Waals surface area (Å²) in [6.45, 7) is 24.0. The summed E-state index contributed by atoms with van der Waals surface area (Å²) in [5, 5.41) is 44.7. The van der Waals surface area contributed by atoms with Gasteiger partial charge in [-0.15, -0.1) is 55.5 Å². The lowest BCUT2D eigenvalue weighted by Crippen LogP contribution is -2.44. The summed E-state index contributed by atoms with van der Waals surface area (Å²) >= 11 is 7.64. The van der Waals surface area contributed by atoms with E-state index >= 15 is 0 Å². The molecule has 9 atom stereocenters. The Labute approximate surface area is 616 Å². The van der Waals surface area contributed by atoms with Crippen molar-refractivity contribution in [1.82, 2.24) is 49.4 Å². The number of likely N-dealkylation sites (tertiary alicyclic amines) is 3. The topological polar surface area (TPSA) is 276 Å². The zero-order chi connectivity index (χ0) is 73.2. The zero-order valence-electron chi connectivity index (χ0n) is 59.9. The molecule has 25 heteroatoms. The molecule has 3 amide bonds. The van der Waals surface area contributed by atoms with Gasteiger partial charge >= 0.3 is 0 Å². The third kappa shape index (κ3) is 18.8. The smallest absolute Gasteiger partial charge is 0.233 e. The summed E-state index contributed by atoms with van der Waals surface area (Å²) in [6, 6.07) is 26.6. The molecular weight excluding hydrogens is 1390 g/mol. The molecule has 0 saturated carbocycles. The van der Waals surface area contributed by atoms with Crippen LogP contribution in [-0.4, -0.2) is 156 Å². The van der Waals surface area contributed by atoms with Gasteiger partial charge in [0.15, 0.2) is 17.3 Å². The normalized spacial score (nSPS) is 19.1. The lowest BCUT2D eigenvalue weighted by molar-refractivity contribution is -0.140. The maximum absolute atomic E-state index is 13.5. The van der Waals surface area contributed by atoms with Gasteiger partial charge in [0, 0.05) is 69.1 Å². The van der Waals surface area contributed by atoms with Crippen molar-refractivity contribution in [3.05, 3.63) is 167 Å². The highest BCUT2D eigenvalue weighted by atomic mass is 32.1. The van der Waals surface area contributed by atoms with E-state index in [4.69, 9.17) is 4.52 Å². The molecule has 20 nitrogen and oxygen atoms in total. The summed E-state index contributed by atoms with van der Waals surface area (Å²) in [6.07, 6.45) is 1.56. The van der Waals surface area contributed by atoms with Crippen molar-refractivity contribution in [3.8, 4) is 31.3 Å². The number of amides is 3. The molecule has 3 aromatic carbocycles. The Hall–Kier alpha value is -7.75. The highest BCUT2D eigenvalue weighted by molar-refractivity contribution is 7.14. The molecule has 3 fully saturated rings. The van der Waals surface area contributed by atoms with Gasteiger partial charge in [-0.2, -0.15) is 4.37 Å². The van der Waals surface area contributed by atoms with Crippen LogP contribution in [0.1, 0.15) is 164 Å². The van der Waals surface area contributed by atoms with Gasteiger partial charge in [-0.25, -0.2) is 15.0 Å². The van der Waals surface area contributed by atoms with E-state index < -0.39 is 54.2 Å². The van der Waals surface area contributed by atoms with Crippen molar-refractivity contribution in [1.29, 1.82) is 0 Å². The molecule has 9 aromatic rings. The lowest BCUT2D eigenvalue weighted by atomic mass is 9.90. The van der Waals surface area contributed by atoms with Gasteiger partial charge in [0.1, 0.15) is 15.8 Å². The van der Waals surface area contributed by atoms with Gasteiger partial charge in [-0.05, 0) is 130 Å². The molecule has 12 rings (SSSR count).